The number of ether oxygens (including phenoxy) is 1. The number of hydrogen-bond acceptors (Lipinski definition) is 3. The van der Waals surface area contributed by atoms with Gasteiger partial charge in [-0.05, 0) is 43.4 Å². The summed E-state index contributed by atoms with van der Waals surface area (Å²) in [5.41, 5.74) is 2.68. The molecule has 0 saturated carbocycles. The minimum Gasteiger partial charge on any atom is -0.381 e. The number of nitrogens with one attached hydrogen (secondary N) is 1. The number of aromatic nitrogens is 1. The number of aryl methyl sites for hydroxylation is 1. The lowest BCUT2D eigenvalue weighted by atomic mass is 9.73. The minimum atomic E-state index is 0.0108. The molecule has 2 aliphatic heterocycles. The zero-order chi connectivity index (χ0) is 15.6. The van der Waals surface area contributed by atoms with Crippen molar-refractivity contribution in [3.05, 3.63) is 29.6 Å². The first-order valence-corrected chi connectivity index (χ1v) is 8.19. The summed E-state index contributed by atoms with van der Waals surface area (Å²) in [7, 11) is 0. The van der Waals surface area contributed by atoms with E-state index in [0.29, 0.717) is 5.41 Å². The second kappa shape index (κ2) is 6.24. The number of pyridine rings is 1. The number of likely N-dealkylation sites (tertiary alicyclic amines) is 1. The molecule has 0 bridgehead atoms. The molecule has 0 unspecified atom stereocenters. The van der Waals surface area contributed by atoms with Crippen molar-refractivity contribution in [1.82, 2.24) is 15.2 Å². The van der Waals surface area contributed by atoms with E-state index in [0.717, 1.165) is 51.1 Å². The molecule has 2 fully saturated rings. The average Bonchev–Trinajstić information content (AvgIpc) is 2.53. The lowest BCUT2D eigenvalue weighted by Crippen LogP contribution is -2.62. The van der Waals surface area contributed by atoms with E-state index >= 15 is 0 Å². The van der Waals surface area contributed by atoms with E-state index in [2.05, 4.69) is 17.2 Å². The topological polar surface area (TPSA) is 54.5 Å². The Morgan fingerprint density at radius 3 is 2.86 bits per heavy atom. The lowest BCUT2D eigenvalue weighted by molar-refractivity contribution is -0.0618. The second-order valence-electron chi connectivity index (χ2n) is 6.57. The number of nitrogens with zero attached hydrogens (tertiary/aromatic N) is 2. The summed E-state index contributed by atoms with van der Waals surface area (Å²) < 4.78 is 5.42. The molecule has 22 heavy (non-hydrogen) atoms. The van der Waals surface area contributed by atoms with Crippen LogP contribution in [0, 0.1) is 5.41 Å². The molecule has 1 atom stereocenters. The first-order valence-electron chi connectivity index (χ1n) is 8.19. The van der Waals surface area contributed by atoms with Crippen LogP contribution in [0.4, 0.5) is 4.79 Å². The monoisotopic (exact) mass is 303 g/mol. The Balaban J connectivity index is 1.56. The highest BCUT2D eigenvalue weighted by Gasteiger charge is 2.45. The highest BCUT2D eigenvalue weighted by molar-refractivity contribution is 5.76. The highest BCUT2D eigenvalue weighted by atomic mass is 16.5. The van der Waals surface area contributed by atoms with E-state index < -0.39 is 0 Å². The smallest absolute Gasteiger partial charge is 0.317 e. The highest BCUT2D eigenvalue weighted by Crippen LogP contribution is 2.39. The van der Waals surface area contributed by atoms with Gasteiger partial charge in [0.1, 0.15) is 0 Å². The zero-order valence-corrected chi connectivity index (χ0v) is 13.5. The van der Waals surface area contributed by atoms with Gasteiger partial charge in [0.15, 0.2) is 0 Å². The van der Waals surface area contributed by atoms with Crippen molar-refractivity contribution in [2.75, 3.05) is 26.3 Å². The summed E-state index contributed by atoms with van der Waals surface area (Å²) in [6, 6.07) is 2.06. The van der Waals surface area contributed by atoms with E-state index in [1.165, 1.54) is 5.56 Å². The van der Waals surface area contributed by atoms with Gasteiger partial charge < -0.3 is 15.0 Å². The van der Waals surface area contributed by atoms with Crippen molar-refractivity contribution < 1.29 is 9.53 Å². The Labute approximate surface area is 132 Å². The van der Waals surface area contributed by atoms with Crippen molar-refractivity contribution in [3.63, 3.8) is 0 Å². The Bertz CT molecular complexity index is 532. The van der Waals surface area contributed by atoms with Crippen molar-refractivity contribution in [1.29, 1.82) is 0 Å². The zero-order valence-electron chi connectivity index (χ0n) is 13.5. The molecule has 120 valence electrons. The van der Waals surface area contributed by atoms with Gasteiger partial charge in [-0.1, -0.05) is 6.92 Å². The summed E-state index contributed by atoms with van der Waals surface area (Å²) in [6.07, 6.45) is 6.76. The molecule has 1 aromatic heterocycles. The molecule has 3 heterocycles. The van der Waals surface area contributed by atoms with Gasteiger partial charge in [0.2, 0.25) is 0 Å². The molecule has 0 aromatic carbocycles. The molecular weight excluding hydrogens is 278 g/mol. The fourth-order valence-corrected chi connectivity index (χ4v) is 3.54. The summed E-state index contributed by atoms with van der Waals surface area (Å²) in [5, 5.41) is 3.12. The summed E-state index contributed by atoms with van der Waals surface area (Å²) in [5.74, 6) is 0. The fraction of sp³-hybridized carbons (Fsp3) is 0.647. The maximum absolute atomic E-state index is 12.4. The number of rotatable bonds is 3. The predicted octanol–water partition coefficient (Wildman–Crippen LogP) is 2.53. The molecule has 1 aromatic rings. The van der Waals surface area contributed by atoms with E-state index in [4.69, 9.17) is 4.74 Å². The van der Waals surface area contributed by atoms with Crippen LogP contribution in [0.5, 0.6) is 0 Å². The normalized spacial score (nSPS) is 21.3. The second-order valence-corrected chi connectivity index (χ2v) is 6.57. The van der Waals surface area contributed by atoms with Crippen LogP contribution in [0.15, 0.2) is 18.5 Å². The van der Waals surface area contributed by atoms with Crippen LogP contribution < -0.4 is 5.32 Å². The SMILES string of the molecule is CCc1cnccc1[C@H](C)NC(=O)N1CC2(CCOCC2)C1. The molecule has 5 nitrogen and oxygen atoms in total. The first kappa shape index (κ1) is 15.3. The molecular formula is C17H25N3O2. The van der Waals surface area contributed by atoms with Crippen LogP contribution in [0.3, 0.4) is 0 Å². The molecule has 1 spiro atoms. The van der Waals surface area contributed by atoms with Gasteiger partial charge in [0.05, 0.1) is 6.04 Å². The summed E-state index contributed by atoms with van der Waals surface area (Å²) in [6.45, 7) is 7.55. The van der Waals surface area contributed by atoms with Crippen LogP contribution >= 0.6 is 0 Å². The third kappa shape index (κ3) is 2.95. The Kier molecular flexibility index (Phi) is 4.34. The van der Waals surface area contributed by atoms with Crippen LogP contribution in [-0.2, 0) is 11.2 Å². The summed E-state index contributed by atoms with van der Waals surface area (Å²) in [4.78, 5) is 18.5. The van der Waals surface area contributed by atoms with E-state index in [-0.39, 0.29) is 12.1 Å². The van der Waals surface area contributed by atoms with Crippen molar-refractivity contribution in [2.45, 2.75) is 39.2 Å². The van der Waals surface area contributed by atoms with Gasteiger partial charge in [0.25, 0.3) is 0 Å². The molecule has 0 aliphatic carbocycles. The third-order valence-electron chi connectivity index (χ3n) is 5.02. The predicted molar refractivity (Wildman–Crippen MR) is 84.6 cm³/mol. The fourth-order valence-electron chi connectivity index (χ4n) is 3.54. The number of urea groups is 1. The standard InChI is InChI=1S/C17H25N3O2/c1-3-14-10-18-7-4-15(14)13(2)19-16(21)20-11-17(12-20)5-8-22-9-6-17/h4,7,10,13H,3,5-6,8-9,11-12H2,1-2H3,(H,19,21)/t13-/m0/s1. The van der Waals surface area contributed by atoms with Crippen molar-refractivity contribution >= 4 is 6.03 Å². The van der Waals surface area contributed by atoms with Crippen LogP contribution in [-0.4, -0.2) is 42.2 Å². The van der Waals surface area contributed by atoms with Crippen molar-refractivity contribution in [3.8, 4) is 0 Å². The van der Waals surface area contributed by atoms with Crippen LogP contribution in [0.2, 0.25) is 0 Å². The van der Waals surface area contributed by atoms with Crippen LogP contribution in [0.1, 0.15) is 43.9 Å². The van der Waals surface area contributed by atoms with Gasteiger partial charge >= 0.3 is 6.03 Å². The largest absolute Gasteiger partial charge is 0.381 e. The van der Waals surface area contributed by atoms with Gasteiger partial charge in [-0.25, -0.2) is 4.79 Å². The average molecular weight is 303 g/mol. The summed E-state index contributed by atoms with van der Waals surface area (Å²) >= 11 is 0. The molecule has 5 heteroatoms. The number of carbonyl (C=O) groups is 1. The lowest BCUT2D eigenvalue weighted by Gasteiger charge is -2.52. The van der Waals surface area contributed by atoms with Gasteiger partial charge in [-0.2, -0.15) is 0 Å². The van der Waals surface area contributed by atoms with E-state index in [9.17, 15) is 4.79 Å². The number of carbonyl (C=O) groups excluding carboxylic acids is 1. The molecule has 2 saturated heterocycles. The van der Waals surface area contributed by atoms with Gasteiger partial charge in [-0.15, -0.1) is 0 Å². The molecule has 3 rings (SSSR count). The number of hydrogen-bond donors (Lipinski definition) is 1. The van der Waals surface area contributed by atoms with Gasteiger partial charge in [0, 0.05) is 44.1 Å². The molecule has 2 amide bonds. The van der Waals surface area contributed by atoms with E-state index in [1.54, 1.807) is 6.20 Å². The molecule has 2 aliphatic rings. The van der Waals surface area contributed by atoms with Gasteiger partial charge in [-0.3, -0.25) is 4.98 Å². The quantitative estimate of drug-likeness (QED) is 0.933. The Hall–Kier alpha value is -1.62. The van der Waals surface area contributed by atoms with Crippen LogP contribution in [0.25, 0.3) is 0 Å². The molecule has 1 N–H and O–H groups in total. The molecule has 0 radical (unpaired) electrons. The van der Waals surface area contributed by atoms with E-state index in [1.807, 2.05) is 24.1 Å². The Morgan fingerprint density at radius 1 is 1.45 bits per heavy atom. The minimum absolute atomic E-state index is 0.0108. The maximum Gasteiger partial charge on any atom is 0.317 e. The number of amides is 2. The first-order chi connectivity index (χ1) is 10.6. The third-order valence-corrected chi connectivity index (χ3v) is 5.02. The van der Waals surface area contributed by atoms with Crippen molar-refractivity contribution in [2.24, 2.45) is 5.41 Å². The Morgan fingerprint density at radius 2 is 2.18 bits per heavy atom. The maximum atomic E-state index is 12.4.